The van der Waals surface area contributed by atoms with Gasteiger partial charge in [-0.25, -0.2) is 0 Å². The third kappa shape index (κ3) is 3.93. The van der Waals surface area contributed by atoms with E-state index in [0.717, 1.165) is 44.9 Å². The highest BCUT2D eigenvalue weighted by Gasteiger charge is 2.42. The third-order valence-electron chi connectivity index (χ3n) is 4.88. The van der Waals surface area contributed by atoms with Gasteiger partial charge in [-0.3, -0.25) is 4.79 Å². The fourth-order valence-corrected chi connectivity index (χ4v) is 3.08. The number of hydrogen-bond acceptors (Lipinski definition) is 4. The van der Waals surface area contributed by atoms with E-state index in [9.17, 15) is 9.90 Å². The predicted molar refractivity (Wildman–Crippen MR) is 77.9 cm³/mol. The van der Waals surface area contributed by atoms with Crippen LogP contribution in [-0.4, -0.2) is 61.4 Å². The second kappa shape index (κ2) is 6.87. The van der Waals surface area contributed by atoms with Crippen molar-refractivity contribution in [3.05, 3.63) is 0 Å². The summed E-state index contributed by atoms with van der Waals surface area (Å²) in [6, 6.07) is 0.330. The van der Waals surface area contributed by atoms with Gasteiger partial charge in [0.2, 0.25) is 0 Å². The zero-order valence-electron chi connectivity index (χ0n) is 12.7. The van der Waals surface area contributed by atoms with E-state index in [0.29, 0.717) is 12.5 Å². The van der Waals surface area contributed by atoms with Crippen LogP contribution in [0.1, 0.15) is 38.5 Å². The Balaban J connectivity index is 1.76. The molecule has 2 rings (SSSR count). The lowest BCUT2D eigenvalue weighted by Gasteiger charge is -2.41. The summed E-state index contributed by atoms with van der Waals surface area (Å²) < 4.78 is 5.67. The zero-order valence-corrected chi connectivity index (χ0v) is 12.7. The van der Waals surface area contributed by atoms with Crippen molar-refractivity contribution in [2.75, 3.05) is 33.9 Å². The molecule has 0 radical (unpaired) electrons. The van der Waals surface area contributed by atoms with Gasteiger partial charge >= 0.3 is 5.97 Å². The number of carbonyl (C=O) groups is 1. The number of ether oxygens (including phenoxy) is 1. The molecule has 20 heavy (non-hydrogen) atoms. The Morgan fingerprint density at radius 3 is 2.80 bits per heavy atom. The molecule has 0 amide bonds. The maximum absolute atomic E-state index is 11.5. The lowest BCUT2D eigenvalue weighted by atomic mass is 9.78. The van der Waals surface area contributed by atoms with E-state index in [4.69, 9.17) is 4.74 Å². The van der Waals surface area contributed by atoms with Gasteiger partial charge in [0.25, 0.3) is 0 Å². The molecule has 0 aromatic carbocycles. The van der Waals surface area contributed by atoms with Gasteiger partial charge in [-0.05, 0) is 58.5 Å². The van der Waals surface area contributed by atoms with Crippen molar-refractivity contribution >= 4 is 5.97 Å². The minimum absolute atomic E-state index is 0.330. The molecule has 0 aromatic heterocycles. The first-order chi connectivity index (χ1) is 9.57. The lowest BCUT2D eigenvalue weighted by Crippen LogP contribution is -2.57. The average Bonchev–Trinajstić information content (AvgIpc) is 3.27. The highest BCUT2D eigenvalue weighted by molar-refractivity contribution is 5.79. The van der Waals surface area contributed by atoms with Crippen LogP contribution in [0.2, 0.25) is 0 Å². The van der Waals surface area contributed by atoms with Crippen LogP contribution in [0.3, 0.4) is 0 Å². The summed E-state index contributed by atoms with van der Waals surface area (Å²) in [5.74, 6) is 0.0852. The van der Waals surface area contributed by atoms with E-state index in [1.165, 1.54) is 12.8 Å². The van der Waals surface area contributed by atoms with Crippen LogP contribution in [0, 0.1) is 5.92 Å². The lowest BCUT2D eigenvalue weighted by molar-refractivity contribution is -0.147. The first-order valence-corrected chi connectivity index (χ1v) is 7.78. The molecular formula is C15H28N2O3. The highest BCUT2D eigenvalue weighted by atomic mass is 16.5. The second-order valence-electron chi connectivity index (χ2n) is 6.39. The molecule has 2 atom stereocenters. The molecule has 2 unspecified atom stereocenters. The van der Waals surface area contributed by atoms with Gasteiger partial charge in [-0.15, -0.1) is 0 Å². The van der Waals surface area contributed by atoms with Crippen molar-refractivity contribution in [1.82, 2.24) is 10.2 Å². The smallest absolute Gasteiger partial charge is 0.323 e. The minimum Gasteiger partial charge on any atom is -0.480 e. The molecule has 2 saturated carbocycles. The molecular weight excluding hydrogens is 256 g/mol. The quantitative estimate of drug-likeness (QED) is 0.659. The molecule has 0 spiro atoms. The van der Waals surface area contributed by atoms with Crippen molar-refractivity contribution < 1.29 is 14.6 Å². The SMILES string of the molecule is CNC1(C(=O)O)CCCC(N(C)CCOCC2CC2)C1. The zero-order chi connectivity index (χ0) is 14.6. The highest BCUT2D eigenvalue weighted by Crippen LogP contribution is 2.31. The molecule has 2 N–H and O–H groups in total. The number of rotatable bonds is 8. The van der Waals surface area contributed by atoms with Gasteiger partial charge in [-0.2, -0.15) is 0 Å². The van der Waals surface area contributed by atoms with Crippen molar-refractivity contribution in [3.8, 4) is 0 Å². The van der Waals surface area contributed by atoms with Crippen LogP contribution in [0.25, 0.3) is 0 Å². The van der Waals surface area contributed by atoms with Crippen molar-refractivity contribution in [2.45, 2.75) is 50.1 Å². The Bertz CT molecular complexity index is 333. The third-order valence-corrected chi connectivity index (χ3v) is 4.88. The monoisotopic (exact) mass is 284 g/mol. The number of carboxylic acids is 1. The number of aliphatic carboxylic acids is 1. The number of nitrogens with zero attached hydrogens (tertiary/aromatic N) is 1. The topological polar surface area (TPSA) is 61.8 Å². The normalized spacial score (nSPS) is 30.6. The Morgan fingerprint density at radius 2 is 2.20 bits per heavy atom. The summed E-state index contributed by atoms with van der Waals surface area (Å²) in [7, 11) is 3.84. The summed E-state index contributed by atoms with van der Waals surface area (Å²) in [5, 5.41) is 12.5. The number of carboxylic acid groups (broad SMARTS) is 1. The van der Waals surface area contributed by atoms with Gasteiger partial charge in [0, 0.05) is 19.2 Å². The second-order valence-corrected chi connectivity index (χ2v) is 6.39. The van der Waals surface area contributed by atoms with Crippen LogP contribution in [0.15, 0.2) is 0 Å². The van der Waals surface area contributed by atoms with Gasteiger partial charge < -0.3 is 20.1 Å². The minimum atomic E-state index is -0.744. The molecule has 0 aliphatic heterocycles. The fourth-order valence-electron chi connectivity index (χ4n) is 3.08. The summed E-state index contributed by atoms with van der Waals surface area (Å²) in [6.45, 7) is 2.54. The molecule has 0 saturated heterocycles. The number of nitrogens with one attached hydrogen (secondary N) is 1. The molecule has 2 aliphatic rings. The molecule has 0 aromatic rings. The van der Waals surface area contributed by atoms with Crippen molar-refractivity contribution in [3.63, 3.8) is 0 Å². The van der Waals surface area contributed by atoms with Crippen LogP contribution < -0.4 is 5.32 Å². The molecule has 2 fully saturated rings. The summed E-state index contributed by atoms with van der Waals surface area (Å²) in [6.07, 6.45) is 6.09. The van der Waals surface area contributed by atoms with E-state index in [2.05, 4.69) is 17.3 Å². The van der Waals surface area contributed by atoms with Crippen LogP contribution in [-0.2, 0) is 9.53 Å². The van der Waals surface area contributed by atoms with Gasteiger partial charge in [-0.1, -0.05) is 0 Å². The maximum Gasteiger partial charge on any atom is 0.323 e. The van der Waals surface area contributed by atoms with Gasteiger partial charge in [0.1, 0.15) is 5.54 Å². The summed E-state index contributed by atoms with van der Waals surface area (Å²) in [5.41, 5.74) is -0.744. The molecule has 0 heterocycles. The molecule has 0 bridgehead atoms. The van der Waals surface area contributed by atoms with E-state index in [1.807, 2.05) is 0 Å². The van der Waals surface area contributed by atoms with Crippen molar-refractivity contribution in [1.29, 1.82) is 0 Å². The van der Waals surface area contributed by atoms with Crippen molar-refractivity contribution in [2.24, 2.45) is 5.92 Å². The van der Waals surface area contributed by atoms with Crippen LogP contribution in [0.4, 0.5) is 0 Å². The summed E-state index contributed by atoms with van der Waals surface area (Å²) >= 11 is 0. The van der Waals surface area contributed by atoms with E-state index < -0.39 is 11.5 Å². The molecule has 116 valence electrons. The first kappa shape index (κ1) is 15.7. The molecule has 5 nitrogen and oxygen atoms in total. The van der Waals surface area contributed by atoms with Crippen LogP contribution in [0.5, 0.6) is 0 Å². The first-order valence-electron chi connectivity index (χ1n) is 7.78. The molecule has 5 heteroatoms. The maximum atomic E-state index is 11.5. The largest absolute Gasteiger partial charge is 0.480 e. The molecule has 2 aliphatic carbocycles. The Morgan fingerprint density at radius 1 is 1.45 bits per heavy atom. The predicted octanol–water partition coefficient (Wildman–Crippen LogP) is 1.33. The average molecular weight is 284 g/mol. The number of hydrogen-bond donors (Lipinski definition) is 2. The fraction of sp³-hybridized carbons (Fsp3) is 0.933. The standard InChI is InChI=1S/C15H28N2O3/c1-16-15(14(18)19)7-3-4-13(10-15)17(2)8-9-20-11-12-5-6-12/h12-13,16H,3-11H2,1-2H3,(H,18,19). The van der Waals surface area contributed by atoms with Gasteiger partial charge in [0.05, 0.1) is 6.61 Å². The number of likely N-dealkylation sites (N-methyl/N-ethyl adjacent to an activating group) is 2. The Hall–Kier alpha value is -0.650. The van der Waals surface area contributed by atoms with E-state index in [1.54, 1.807) is 7.05 Å². The summed E-state index contributed by atoms with van der Waals surface area (Å²) in [4.78, 5) is 13.8. The Kier molecular flexibility index (Phi) is 5.41. The van der Waals surface area contributed by atoms with E-state index >= 15 is 0 Å². The Labute approximate surface area is 121 Å². The van der Waals surface area contributed by atoms with Crippen LogP contribution >= 0.6 is 0 Å². The van der Waals surface area contributed by atoms with E-state index in [-0.39, 0.29) is 0 Å². The van der Waals surface area contributed by atoms with Gasteiger partial charge in [0.15, 0.2) is 0 Å².